The molecule has 0 bridgehead atoms. The number of furan rings is 1. The molecule has 4 aromatic carbocycles. The number of fused-ring (bicyclic) bond motifs is 4. The van der Waals surface area contributed by atoms with E-state index >= 15 is 0 Å². The number of rotatable bonds is 3. The van der Waals surface area contributed by atoms with Crippen molar-refractivity contribution in [1.82, 2.24) is 9.97 Å². The molecule has 0 saturated carbocycles. The first kappa shape index (κ1) is 32.2. The molecule has 0 N–H and O–H groups in total. The molecule has 0 amide bonds. The van der Waals surface area contributed by atoms with E-state index in [4.69, 9.17) is 14.4 Å². The second-order valence-corrected chi connectivity index (χ2v) is 17.4. The molecular weight excluding hydrogens is 843 g/mol. The van der Waals surface area contributed by atoms with Gasteiger partial charge in [0.05, 0.1) is 0 Å². The zero-order valence-corrected chi connectivity index (χ0v) is 32.2. The first-order chi connectivity index (χ1) is 21.9. The Labute approximate surface area is 300 Å². The Kier molecular flexibility index (Phi) is 8.00. The Morgan fingerprint density at radius 3 is 2.34 bits per heavy atom. The molecule has 0 saturated heterocycles. The predicted molar refractivity (Wildman–Crippen MR) is 196 cm³/mol. The third-order valence-electron chi connectivity index (χ3n) is 8.76. The fourth-order valence-corrected chi connectivity index (χ4v) is 9.26. The Morgan fingerprint density at radius 1 is 0.787 bits per heavy atom. The summed E-state index contributed by atoms with van der Waals surface area (Å²) in [5.41, 5.74) is 8.60. The molecule has 3 nitrogen and oxygen atoms in total. The summed E-state index contributed by atoms with van der Waals surface area (Å²) in [6.45, 7) is 15.8. The summed E-state index contributed by atoms with van der Waals surface area (Å²) in [6.07, 6.45) is 0. The Balaban J connectivity index is 0.00000351. The average Bonchev–Trinajstić information content (AvgIpc) is 3.35. The van der Waals surface area contributed by atoms with Crippen LogP contribution in [0.1, 0.15) is 58.2 Å². The van der Waals surface area contributed by atoms with Gasteiger partial charge in [0.15, 0.2) is 0 Å². The standard InChI is InChI=1S/C41H34N2OSSe.Pt/c1-23-18-33(46-34-22-27(41(5,6)7)21-30(42-34)25-13-10-14-26(19-25)40(2,3)4)43-37-29-20-24-12-8-9-15-28(24)38-35(29)36-31(44-38)16-11-17-32(36)45-39(23)37;/h8-12,14-19,21-22H,1-7H3;/q-2;+2. The van der Waals surface area contributed by atoms with Crippen LogP contribution in [0, 0.1) is 19.1 Å². The summed E-state index contributed by atoms with van der Waals surface area (Å²) < 4.78 is 11.1. The van der Waals surface area contributed by atoms with Gasteiger partial charge in [0.2, 0.25) is 0 Å². The van der Waals surface area contributed by atoms with Crippen molar-refractivity contribution in [3.8, 4) is 11.3 Å². The van der Waals surface area contributed by atoms with Gasteiger partial charge in [-0.15, -0.1) is 0 Å². The van der Waals surface area contributed by atoms with Crippen molar-refractivity contribution in [2.24, 2.45) is 0 Å². The van der Waals surface area contributed by atoms with Crippen LogP contribution in [0.2, 0.25) is 0 Å². The Bertz CT molecular complexity index is 2500. The third-order valence-corrected chi connectivity index (χ3v) is 11.8. The van der Waals surface area contributed by atoms with Crippen LogP contribution in [0.5, 0.6) is 0 Å². The maximum atomic E-state index is 6.55. The van der Waals surface area contributed by atoms with Gasteiger partial charge in [-0.2, -0.15) is 0 Å². The van der Waals surface area contributed by atoms with Crippen LogP contribution in [0.15, 0.2) is 83.3 Å². The first-order valence-electron chi connectivity index (χ1n) is 15.7. The van der Waals surface area contributed by atoms with Crippen molar-refractivity contribution >= 4 is 88.5 Å². The third kappa shape index (κ3) is 5.66. The van der Waals surface area contributed by atoms with Crippen molar-refractivity contribution < 1.29 is 25.5 Å². The molecule has 0 radical (unpaired) electrons. The molecule has 0 spiro atoms. The summed E-state index contributed by atoms with van der Waals surface area (Å²) in [6, 6.07) is 35.2. The van der Waals surface area contributed by atoms with Gasteiger partial charge < -0.3 is 0 Å². The predicted octanol–water partition coefficient (Wildman–Crippen LogP) is 9.72. The number of aromatic nitrogens is 2. The van der Waals surface area contributed by atoms with Crippen LogP contribution in [0.4, 0.5) is 0 Å². The Hall–Kier alpha value is -3.33. The monoisotopic (exact) mass is 877 g/mol. The van der Waals surface area contributed by atoms with Gasteiger partial charge in [-0.1, -0.05) is 0 Å². The van der Waals surface area contributed by atoms with E-state index in [2.05, 4.69) is 133 Å². The number of pyridine rings is 2. The number of aryl methyl sites for hydroxylation is 1. The molecule has 236 valence electrons. The van der Waals surface area contributed by atoms with Crippen LogP contribution in [-0.2, 0) is 31.9 Å². The van der Waals surface area contributed by atoms with E-state index in [-0.39, 0.29) is 46.9 Å². The summed E-state index contributed by atoms with van der Waals surface area (Å²) in [4.78, 5) is 10.7. The summed E-state index contributed by atoms with van der Waals surface area (Å²) in [7, 11) is 0. The van der Waals surface area contributed by atoms with Crippen LogP contribution in [0.3, 0.4) is 0 Å². The van der Waals surface area contributed by atoms with Gasteiger partial charge in [-0.05, 0) is 0 Å². The maximum absolute atomic E-state index is 6.55. The molecule has 0 aliphatic rings. The van der Waals surface area contributed by atoms with Gasteiger partial charge in [0, 0.05) is 0 Å². The molecule has 0 fully saturated rings. The number of hydrogen-bond acceptors (Lipinski definition) is 4. The molecule has 4 aromatic heterocycles. The van der Waals surface area contributed by atoms with Crippen LogP contribution in [0.25, 0.3) is 64.3 Å². The van der Waals surface area contributed by atoms with Crippen molar-refractivity contribution in [3.05, 3.63) is 108 Å². The molecule has 0 aliphatic heterocycles. The maximum Gasteiger partial charge on any atom is 2.00 e. The number of hydrogen-bond donors (Lipinski definition) is 0. The van der Waals surface area contributed by atoms with Gasteiger partial charge in [-0.3, -0.25) is 0 Å². The van der Waals surface area contributed by atoms with Gasteiger partial charge in [0.1, 0.15) is 0 Å². The quantitative estimate of drug-likeness (QED) is 0.131. The van der Waals surface area contributed by atoms with E-state index in [1.807, 2.05) is 6.07 Å². The van der Waals surface area contributed by atoms with Crippen LogP contribution < -0.4 is 9.18 Å². The SMILES string of the molecule is Cc1cc([Se]c2cc(C(C)(C)C)cc(-c3[c-]ccc(C(C)(C)C)c3)n2)nc2c1sc1cccc3oc4c5ccccc5[c-]c2c4c31.[Pt+2]. The molecule has 0 aliphatic carbocycles. The van der Waals surface area contributed by atoms with E-state index in [0.29, 0.717) is 0 Å². The van der Waals surface area contributed by atoms with Gasteiger partial charge >= 0.3 is 302 Å². The molecule has 6 heteroatoms. The van der Waals surface area contributed by atoms with Crippen LogP contribution in [-0.4, -0.2) is 24.9 Å². The largest absolute Gasteiger partial charge is 2.00 e. The van der Waals surface area contributed by atoms with Crippen molar-refractivity contribution in [2.75, 3.05) is 0 Å². The first-order valence-corrected chi connectivity index (χ1v) is 18.2. The minimum atomic E-state index is -0.122. The molecule has 8 aromatic rings. The van der Waals surface area contributed by atoms with E-state index in [0.717, 1.165) is 64.1 Å². The molecular formula is C41H34N2OPtSSe. The fraction of sp³-hybridized carbons (Fsp3) is 0.220. The minimum Gasteiger partial charge on any atom is 2.00 e. The topological polar surface area (TPSA) is 38.9 Å². The zero-order chi connectivity index (χ0) is 32.0. The second-order valence-electron chi connectivity index (χ2n) is 14.2. The van der Waals surface area contributed by atoms with E-state index in [1.165, 1.54) is 26.1 Å². The summed E-state index contributed by atoms with van der Waals surface area (Å²) in [5, 5.41) is 5.40. The van der Waals surface area contributed by atoms with Gasteiger partial charge in [0.25, 0.3) is 0 Å². The summed E-state index contributed by atoms with van der Waals surface area (Å²) in [5.74, 6) is 0. The second kappa shape index (κ2) is 11.7. The normalized spacial score (nSPS) is 12.5. The average molecular weight is 877 g/mol. The fourth-order valence-electron chi connectivity index (χ4n) is 6.20. The van der Waals surface area contributed by atoms with E-state index in [9.17, 15) is 0 Å². The zero-order valence-electron chi connectivity index (χ0n) is 27.4. The van der Waals surface area contributed by atoms with Crippen molar-refractivity contribution in [1.29, 1.82) is 0 Å². The molecule has 0 unspecified atom stereocenters. The molecule has 8 rings (SSSR count). The molecule has 4 heterocycles. The van der Waals surface area contributed by atoms with Crippen LogP contribution >= 0.6 is 11.3 Å². The smallest absolute Gasteiger partial charge is 2.00 e. The number of benzene rings is 4. The van der Waals surface area contributed by atoms with E-state index in [1.54, 1.807) is 11.3 Å². The minimum absolute atomic E-state index is 0. The molecule has 0 atom stereocenters. The van der Waals surface area contributed by atoms with Crippen molar-refractivity contribution in [2.45, 2.75) is 59.3 Å². The molecule has 47 heavy (non-hydrogen) atoms. The Morgan fingerprint density at radius 2 is 1.55 bits per heavy atom. The number of nitrogens with zero attached hydrogens (tertiary/aromatic N) is 2. The van der Waals surface area contributed by atoms with Gasteiger partial charge in [-0.25, -0.2) is 0 Å². The summed E-state index contributed by atoms with van der Waals surface area (Å²) >= 11 is 1.67. The van der Waals surface area contributed by atoms with E-state index < -0.39 is 0 Å². The van der Waals surface area contributed by atoms with Crippen molar-refractivity contribution in [3.63, 3.8) is 0 Å².